The summed E-state index contributed by atoms with van der Waals surface area (Å²) in [6, 6.07) is 0. The smallest absolute Gasteiger partial charge is 0.387 e. The second-order valence-corrected chi connectivity index (χ2v) is 3.72. The van der Waals surface area contributed by atoms with Crippen LogP contribution in [0.3, 0.4) is 0 Å². The maximum Gasteiger partial charge on any atom is 0.397 e. The Morgan fingerprint density at radius 3 is 2.67 bits per heavy atom. The van der Waals surface area contributed by atoms with Crippen LogP contribution in [0.5, 0.6) is 0 Å². The molecule has 1 aliphatic rings. The zero-order valence-corrected chi connectivity index (χ0v) is 8.02. The van der Waals surface area contributed by atoms with Crippen LogP contribution in [0, 0.1) is 0 Å². The lowest BCUT2D eigenvalue weighted by Crippen LogP contribution is -2.45. The Balaban J connectivity index is 2.28. The van der Waals surface area contributed by atoms with Gasteiger partial charge >= 0.3 is 6.18 Å². The molecule has 0 aromatic carbocycles. The standard InChI is InChI=1S/C8H13F3N2O2/c9-8(10,11)3-6(14)13-5-7(15)1-2-12-4-7/h12,15H,1-5H2,(H,13,14). The number of carbonyl (C=O) groups is 1. The van der Waals surface area contributed by atoms with Crippen molar-refractivity contribution in [1.82, 2.24) is 10.6 Å². The van der Waals surface area contributed by atoms with E-state index < -0.39 is 24.1 Å². The van der Waals surface area contributed by atoms with Crippen LogP contribution in [0.4, 0.5) is 13.2 Å². The fourth-order valence-corrected chi connectivity index (χ4v) is 1.39. The predicted molar refractivity (Wildman–Crippen MR) is 46.1 cm³/mol. The molecule has 0 spiro atoms. The molecule has 1 saturated heterocycles. The highest BCUT2D eigenvalue weighted by atomic mass is 19.4. The van der Waals surface area contributed by atoms with Gasteiger partial charge in [0.2, 0.25) is 5.91 Å². The van der Waals surface area contributed by atoms with Gasteiger partial charge in [-0.2, -0.15) is 13.2 Å². The number of β-amino-alcohol motifs (C(OH)–C–C–N with tert-alkyl or cyclic N) is 1. The van der Waals surface area contributed by atoms with Gasteiger partial charge in [-0.3, -0.25) is 4.79 Å². The van der Waals surface area contributed by atoms with Gasteiger partial charge in [0, 0.05) is 13.1 Å². The van der Waals surface area contributed by atoms with Crippen molar-refractivity contribution in [3.05, 3.63) is 0 Å². The number of aliphatic hydroxyl groups is 1. The maximum absolute atomic E-state index is 11.8. The molecule has 1 heterocycles. The van der Waals surface area contributed by atoms with Gasteiger partial charge < -0.3 is 15.7 Å². The molecular formula is C8H13F3N2O2. The number of carbonyl (C=O) groups excluding carboxylic acids is 1. The average molecular weight is 226 g/mol. The van der Waals surface area contributed by atoms with E-state index in [1.165, 1.54) is 0 Å². The topological polar surface area (TPSA) is 61.4 Å². The van der Waals surface area contributed by atoms with Crippen LogP contribution in [-0.4, -0.2) is 42.4 Å². The lowest BCUT2D eigenvalue weighted by Gasteiger charge is -2.21. The molecule has 4 nitrogen and oxygen atoms in total. The molecule has 0 radical (unpaired) electrons. The normalized spacial score (nSPS) is 26.7. The SMILES string of the molecule is O=C(CC(F)(F)F)NCC1(O)CCNC1. The Kier molecular flexibility index (Phi) is 3.56. The van der Waals surface area contributed by atoms with E-state index >= 15 is 0 Å². The lowest BCUT2D eigenvalue weighted by molar-refractivity contribution is -0.154. The van der Waals surface area contributed by atoms with Gasteiger partial charge in [0.25, 0.3) is 0 Å². The molecule has 1 aliphatic heterocycles. The predicted octanol–water partition coefficient (Wildman–Crippen LogP) is -0.221. The summed E-state index contributed by atoms with van der Waals surface area (Å²) < 4.78 is 35.3. The summed E-state index contributed by atoms with van der Waals surface area (Å²) in [5, 5.41) is 14.6. The minimum Gasteiger partial charge on any atom is -0.387 e. The molecule has 0 aliphatic carbocycles. The largest absolute Gasteiger partial charge is 0.397 e. The molecule has 7 heteroatoms. The molecule has 1 atom stereocenters. The molecule has 1 unspecified atom stereocenters. The molecule has 1 fully saturated rings. The van der Waals surface area contributed by atoms with E-state index in [-0.39, 0.29) is 6.54 Å². The maximum atomic E-state index is 11.8. The Bertz CT molecular complexity index is 237. The van der Waals surface area contributed by atoms with E-state index in [1.807, 2.05) is 0 Å². The minimum atomic E-state index is -4.50. The summed E-state index contributed by atoms with van der Waals surface area (Å²) >= 11 is 0. The second-order valence-electron chi connectivity index (χ2n) is 3.72. The zero-order valence-electron chi connectivity index (χ0n) is 8.02. The van der Waals surface area contributed by atoms with Crippen molar-refractivity contribution in [3.63, 3.8) is 0 Å². The van der Waals surface area contributed by atoms with E-state index in [0.29, 0.717) is 19.5 Å². The number of hydrogen-bond acceptors (Lipinski definition) is 3. The summed E-state index contributed by atoms with van der Waals surface area (Å²) in [4.78, 5) is 10.8. The number of halogens is 3. The van der Waals surface area contributed by atoms with Gasteiger partial charge in [-0.1, -0.05) is 0 Å². The fourth-order valence-electron chi connectivity index (χ4n) is 1.39. The minimum absolute atomic E-state index is 0.144. The van der Waals surface area contributed by atoms with Crippen LogP contribution in [0.2, 0.25) is 0 Å². The van der Waals surface area contributed by atoms with Crippen LogP contribution in [0.1, 0.15) is 12.8 Å². The molecule has 0 aromatic rings. The number of nitrogens with one attached hydrogen (secondary N) is 2. The highest BCUT2D eigenvalue weighted by molar-refractivity contribution is 5.76. The van der Waals surface area contributed by atoms with E-state index in [4.69, 9.17) is 0 Å². The first-order valence-electron chi connectivity index (χ1n) is 4.57. The van der Waals surface area contributed by atoms with Crippen LogP contribution in [0.15, 0.2) is 0 Å². The monoisotopic (exact) mass is 226 g/mol. The van der Waals surface area contributed by atoms with Crippen molar-refractivity contribution >= 4 is 5.91 Å². The van der Waals surface area contributed by atoms with Crippen LogP contribution >= 0.6 is 0 Å². The van der Waals surface area contributed by atoms with Crippen LogP contribution in [-0.2, 0) is 4.79 Å². The first kappa shape index (κ1) is 12.3. The van der Waals surface area contributed by atoms with Gasteiger partial charge in [-0.05, 0) is 13.0 Å². The zero-order chi connectivity index (χ0) is 11.5. The highest BCUT2D eigenvalue weighted by Crippen LogP contribution is 2.19. The third-order valence-electron chi connectivity index (χ3n) is 2.20. The third kappa shape index (κ3) is 4.48. The second kappa shape index (κ2) is 4.36. The highest BCUT2D eigenvalue weighted by Gasteiger charge is 2.34. The third-order valence-corrected chi connectivity index (χ3v) is 2.20. The van der Waals surface area contributed by atoms with Crippen LogP contribution < -0.4 is 10.6 Å². The molecule has 1 rings (SSSR count). The molecule has 3 N–H and O–H groups in total. The van der Waals surface area contributed by atoms with Crippen molar-refractivity contribution in [2.24, 2.45) is 0 Å². The van der Waals surface area contributed by atoms with Crippen molar-refractivity contribution < 1.29 is 23.1 Å². The number of alkyl halides is 3. The van der Waals surface area contributed by atoms with E-state index in [0.717, 1.165) is 0 Å². The van der Waals surface area contributed by atoms with Gasteiger partial charge in [0.15, 0.2) is 0 Å². The Hall–Kier alpha value is -0.820. The molecule has 15 heavy (non-hydrogen) atoms. The van der Waals surface area contributed by atoms with Gasteiger partial charge in [-0.25, -0.2) is 0 Å². The van der Waals surface area contributed by atoms with Crippen LogP contribution in [0.25, 0.3) is 0 Å². The van der Waals surface area contributed by atoms with Crippen molar-refractivity contribution in [2.45, 2.75) is 24.6 Å². The van der Waals surface area contributed by atoms with Gasteiger partial charge in [0.05, 0.1) is 5.60 Å². The van der Waals surface area contributed by atoms with E-state index in [9.17, 15) is 23.1 Å². The fraction of sp³-hybridized carbons (Fsp3) is 0.875. The number of amides is 1. The van der Waals surface area contributed by atoms with Gasteiger partial charge in [0.1, 0.15) is 6.42 Å². The van der Waals surface area contributed by atoms with E-state index in [1.54, 1.807) is 0 Å². The van der Waals surface area contributed by atoms with E-state index in [2.05, 4.69) is 10.6 Å². The molecule has 0 aromatic heterocycles. The summed E-state index contributed by atoms with van der Waals surface area (Å²) in [5.74, 6) is -1.11. The summed E-state index contributed by atoms with van der Waals surface area (Å²) in [7, 11) is 0. The summed E-state index contributed by atoms with van der Waals surface area (Å²) in [5.41, 5.74) is -1.11. The first-order chi connectivity index (χ1) is 6.81. The Labute approximate surface area is 84.8 Å². The summed E-state index contributed by atoms with van der Waals surface area (Å²) in [6.45, 7) is 0.750. The lowest BCUT2D eigenvalue weighted by atomic mass is 10.0. The van der Waals surface area contributed by atoms with Gasteiger partial charge in [-0.15, -0.1) is 0 Å². The number of hydrogen-bond donors (Lipinski definition) is 3. The number of rotatable bonds is 3. The van der Waals surface area contributed by atoms with Crippen molar-refractivity contribution in [1.29, 1.82) is 0 Å². The Morgan fingerprint density at radius 2 is 2.20 bits per heavy atom. The molecule has 0 saturated carbocycles. The van der Waals surface area contributed by atoms with Crippen molar-refractivity contribution in [2.75, 3.05) is 19.6 Å². The quantitative estimate of drug-likeness (QED) is 0.623. The van der Waals surface area contributed by atoms with Crippen molar-refractivity contribution in [3.8, 4) is 0 Å². The average Bonchev–Trinajstić information content (AvgIpc) is 2.47. The molecular weight excluding hydrogens is 213 g/mol. The molecule has 0 bridgehead atoms. The summed E-state index contributed by atoms with van der Waals surface area (Å²) in [6.07, 6.45) is -5.57. The first-order valence-corrected chi connectivity index (χ1v) is 4.57. The molecule has 88 valence electrons. The Morgan fingerprint density at radius 1 is 1.53 bits per heavy atom. The molecule has 1 amide bonds.